The molecule has 0 saturated carbocycles. The average Bonchev–Trinajstić information content (AvgIpc) is 3.60. The number of para-hydroxylation sites is 1. The third kappa shape index (κ3) is 6.60. The molecular formula is C29H26N4O4S2. The van der Waals surface area contributed by atoms with Gasteiger partial charge in [0.1, 0.15) is 11.5 Å². The molecule has 2 aromatic heterocycles. The molecule has 0 radical (unpaired) electrons. The quantitative estimate of drug-likeness (QED) is 0.155. The van der Waals surface area contributed by atoms with Crippen molar-refractivity contribution in [2.75, 3.05) is 5.43 Å². The van der Waals surface area contributed by atoms with E-state index in [1.54, 1.807) is 31.2 Å². The largest absolute Gasteiger partial charge is 0.455 e. The molecule has 0 saturated heterocycles. The van der Waals surface area contributed by atoms with Crippen LogP contribution in [0.25, 0.3) is 21.5 Å². The summed E-state index contributed by atoms with van der Waals surface area (Å²) in [6.07, 6.45) is 1.36. The lowest BCUT2D eigenvalue weighted by Crippen LogP contribution is -2.30. The zero-order chi connectivity index (χ0) is 27.2. The third-order valence-electron chi connectivity index (χ3n) is 5.96. The summed E-state index contributed by atoms with van der Waals surface area (Å²) in [6, 6.07) is 27.4. The predicted octanol–water partition coefficient (Wildman–Crippen LogP) is 6.22. The summed E-state index contributed by atoms with van der Waals surface area (Å²) in [5.41, 5.74) is 6.14. The monoisotopic (exact) mass is 558 g/mol. The Labute approximate surface area is 230 Å². The van der Waals surface area contributed by atoms with Crippen LogP contribution in [0.5, 0.6) is 0 Å². The van der Waals surface area contributed by atoms with Crippen molar-refractivity contribution in [3.8, 4) is 11.3 Å². The molecule has 0 spiro atoms. The Balaban J connectivity index is 1.22. The summed E-state index contributed by atoms with van der Waals surface area (Å²) >= 11 is 1.50. The molecule has 0 aliphatic heterocycles. The van der Waals surface area contributed by atoms with Crippen molar-refractivity contribution in [3.05, 3.63) is 102 Å². The number of anilines is 1. The molecule has 1 amide bonds. The Morgan fingerprint density at radius 3 is 2.59 bits per heavy atom. The van der Waals surface area contributed by atoms with Gasteiger partial charge in [-0.2, -0.15) is 5.10 Å². The lowest BCUT2D eigenvalue weighted by atomic mass is 10.1. The summed E-state index contributed by atoms with van der Waals surface area (Å²) in [6.45, 7) is 1.80. The fraction of sp³-hybridized carbons (Fsp3) is 0.138. The molecule has 2 heterocycles. The van der Waals surface area contributed by atoms with Crippen LogP contribution in [0.1, 0.15) is 31.1 Å². The van der Waals surface area contributed by atoms with Crippen LogP contribution in [0.15, 0.2) is 105 Å². The number of rotatable bonds is 10. The molecule has 39 heavy (non-hydrogen) atoms. The number of hydrogen-bond acceptors (Lipinski definition) is 8. The number of furan rings is 1. The molecule has 0 bridgehead atoms. The zero-order valence-electron chi connectivity index (χ0n) is 21.1. The van der Waals surface area contributed by atoms with Crippen LogP contribution in [0.2, 0.25) is 0 Å². The first-order valence-corrected chi connectivity index (χ1v) is 14.6. The van der Waals surface area contributed by atoms with Crippen molar-refractivity contribution in [2.24, 2.45) is 5.10 Å². The molecular weight excluding hydrogens is 532 g/mol. The summed E-state index contributed by atoms with van der Waals surface area (Å²) in [5.74, 6) is 0.466. The van der Waals surface area contributed by atoms with E-state index < -0.39 is 15.9 Å². The van der Waals surface area contributed by atoms with Gasteiger partial charge in [-0.1, -0.05) is 65.9 Å². The van der Waals surface area contributed by atoms with E-state index in [2.05, 4.69) is 20.2 Å². The van der Waals surface area contributed by atoms with Gasteiger partial charge in [-0.15, -0.1) is 0 Å². The number of amides is 1. The second-order valence-corrected chi connectivity index (χ2v) is 11.6. The molecule has 0 fully saturated rings. The molecule has 0 aliphatic rings. The molecule has 2 N–H and O–H groups in total. The third-order valence-corrected chi connectivity index (χ3v) is 8.28. The molecule has 3 aromatic carbocycles. The maximum atomic E-state index is 12.9. The molecule has 0 unspecified atom stereocenters. The van der Waals surface area contributed by atoms with E-state index in [0.717, 1.165) is 15.8 Å². The van der Waals surface area contributed by atoms with Gasteiger partial charge in [0.15, 0.2) is 5.76 Å². The first-order chi connectivity index (χ1) is 18.9. The Hall–Kier alpha value is -4.28. The second kappa shape index (κ2) is 11.6. The van der Waals surface area contributed by atoms with E-state index >= 15 is 0 Å². The van der Waals surface area contributed by atoms with Crippen LogP contribution in [-0.4, -0.2) is 25.0 Å². The van der Waals surface area contributed by atoms with E-state index in [1.165, 1.54) is 23.5 Å². The summed E-state index contributed by atoms with van der Waals surface area (Å²) in [4.78, 5) is 16.8. The highest BCUT2D eigenvalue weighted by atomic mass is 32.2. The number of nitrogens with zero attached hydrogens (tertiary/aromatic N) is 2. The van der Waals surface area contributed by atoms with E-state index in [1.807, 2.05) is 54.6 Å². The number of carbonyl (C=O) groups excluding carboxylic acids is 1. The van der Waals surface area contributed by atoms with Crippen molar-refractivity contribution in [1.82, 2.24) is 9.71 Å². The van der Waals surface area contributed by atoms with Gasteiger partial charge in [-0.05, 0) is 61.7 Å². The Morgan fingerprint density at radius 2 is 1.77 bits per heavy atom. The van der Waals surface area contributed by atoms with Gasteiger partial charge in [0.25, 0.3) is 10.0 Å². The average molecular weight is 559 g/mol. The van der Waals surface area contributed by atoms with E-state index in [0.29, 0.717) is 40.8 Å². The topological polar surface area (TPSA) is 114 Å². The number of hydrogen-bond donors (Lipinski definition) is 2. The first kappa shape index (κ1) is 26.3. The van der Waals surface area contributed by atoms with E-state index in [4.69, 9.17) is 4.42 Å². The minimum Gasteiger partial charge on any atom is -0.455 e. The van der Waals surface area contributed by atoms with Gasteiger partial charge in [-0.3, -0.25) is 10.2 Å². The van der Waals surface area contributed by atoms with Gasteiger partial charge >= 0.3 is 0 Å². The number of aryl methyl sites for hydroxylation is 1. The van der Waals surface area contributed by atoms with E-state index in [-0.39, 0.29) is 11.3 Å². The standard InChI is InChI=1S/C29H26N4O4S2/c1-20(31-32-29-30-24-14-5-6-15-27(24)38-29)25-17-18-26(37-25)22-12-8-13-23(19-22)39(35,36)33-28(34)16-7-11-21-9-3-2-4-10-21/h2-6,8-10,12-15,17-19H,7,11,16H2,1H3,(H,30,32)(H,33,34)/b31-20+. The summed E-state index contributed by atoms with van der Waals surface area (Å²) in [7, 11) is -4.03. The van der Waals surface area contributed by atoms with Gasteiger partial charge in [-0.25, -0.2) is 18.1 Å². The normalized spacial score (nSPS) is 12.0. The summed E-state index contributed by atoms with van der Waals surface area (Å²) in [5, 5.41) is 5.05. The van der Waals surface area contributed by atoms with Crippen molar-refractivity contribution >= 4 is 48.3 Å². The molecule has 5 aromatic rings. The fourth-order valence-corrected chi connectivity index (χ4v) is 5.84. The maximum Gasteiger partial charge on any atom is 0.264 e. The number of carbonyl (C=O) groups is 1. The van der Waals surface area contributed by atoms with E-state index in [9.17, 15) is 13.2 Å². The number of sulfonamides is 1. The highest BCUT2D eigenvalue weighted by Gasteiger charge is 2.19. The second-order valence-electron chi connectivity index (χ2n) is 8.86. The molecule has 8 nitrogen and oxygen atoms in total. The maximum absolute atomic E-state index is 12.9. The van der Waals surface area contributed by atoms with Crippen LogP contribution >= 0.6 is 11.3 Å². The highest BCUT2D eigenvalue weighted by molar-refractivity contribution is 7.90. The molecule has 10 heteroatoms. The Kier molecular flexibility index (Phi) is 7.85. The molecule has 0 aliphatic carbocycles. The number of benzene rings is 3. The van der Waals surface area contributed by atoms with Crippen LogP contribution in [0, 0.1) is 0 Å². The van der Waals surface area contributed by atoms with Crippen molar-refractivity contribution in [2.45, 2.75) is 31.1 Å². The Bertz CT molecular complexity index is 1710. The number of thiazole rings is 1. The van der Waals surface area contributed by atoms with Gasteiger partial charge in [0.05, 0.1) is 15.1 Å². The Morgan fingerprint density at radius 1 is 0.974 bits per heavy atom. The van der Waals surface area contributed by atoms with Crippen molar-refractivity contribution in [3.63, 3.8) is 0 Å². The van der Waals surface area contributed by atoms with Crippen molar-refractivity contribution < 1.29 is 17.6 Å². The number of aromatic nitrogens is 1. The number of nitrogens with one attached hydrogen (secondary N) is 2. The van der Waals surface area contributed by atoms with Crippen LogP contribution in [0.3, 0.4) is 0 Å². The van der Waals surface area contributed by atoms with Crippen LogP contribution < -0.4 is 10.1 Å². The highest BCUT2D eigenvalue weighted by Crippen LogP contribution is 2.27. The zero-order valence-corrected chi connectivity index (χ0v) is 22.8. The molecule has 0 atom stereocenters. The predicted molar refractivity (Wildman–Crippen MR) is 154 cm³/mol. The first-order valence-electron chi connectivity index (χ1n) is 12.3. The minimum absolute atomic E-state index is 0.0164. The van der Waals surface area contributed by atoms with Gasteiger partial charge in [0, 0.05) is 12.0 Å². The smallest absolute Gasteiger partial charge is 0.264 e. The molecule has 5 rings (SSSR count). The van der Waals surface area contributed by atoms with Crippen LogP contribution in [0.4, 0.5) is 5.13 Å². The number of hydrazone groups is 1. The lowest BCUT2D eigenvalue weighted by molar-refractivity contribution is -0.119. The SMILES string of the molecule is C/C(=N\Nc1nc2ccccc2s1)c1ccc(-c2cccc(S(=O)(=O)NC(=O)CCCc3ccccc3)c2)o1. The molecule has 198 valence electrons. The summed E-state index contributed by atoms with van der Waals surface area (Å²) < 4.78 is 34.9. The number of fused-ring (bicyclic) bond motifs is 1. The van der Waals surface area contributed by atoms with Crippen LogP contribution in [-0.2, 0) is 21.2 Å². The lowest BCUT2D eigenvalue weighted by Gasteiger charge is -2.08. The fourth-order valence-electron chi connectivity index (χ4n) is 3.97. The van der Waals surface area contributed by atoms with Crippen molar-refractivity contribution in [1.29, 1.82) is 0 Å². The van der Waals surface area contributed by atoms with Gasteiger partial charge in [0.2, 0.25) is 11.0 Å². The van der Waals surface area contributed by atoms with Gasteiger partial charge < -0.3 is 4.42 Å². The minimum atomic E-state index is -4.03.